The highest BCUT2D eigenvalue weighted by molar-refractivity contribution is 5.87. The number of nitrogens with one attached hydrogen (secondary N) is 4. The minimum Gasteiger partial charge on any atom is -0.350 e. The molecule has 2 rings (SSSR count). The fourth-order valence-electron chi connectivity index (χ4n) is 2.48. The van der Waals surface area contributed by atoms with E-state index in [2.05, 4.69) is 20.6 Å². The van der Waals surface area contributed by atoms with Crippen LogP contribution < -0.4 is 21.9 Å². The standard InChI is InChI=1S/C18H22N4O4/c1-11-14(17(25)22-18(26)21-11)8-9-15(23)20-12(2)16(24)19-10-13-6-4-3-5-7-13/h3-7,12H,8-10H2,1-2H3,(H,19,24)(H,20,23)(H2,21,22,25,26). The van der Waals surface area contributed by atoms with Crippen LogP contribution in [0.5, 0.6) is 0 Å². The summed E-state index contributed by atoms with van der Waals surface area (Å²) in [6, 6.07) is 8.76. The fourth-order valence-corrected chi connectivity index (χ4v) is 2.48. The van der Waals surface area contributed by atoms with Crippen LogP contribution in [-0.2, 0) is 22.6 Å². The summed E-state index contributed by atoms with van der Waals surface area (Å²) in [4.78, 5) is 51.6. The van der Waals surface area contributed by atoms with Gasteiger partial charge in [0.2, 0.25) is 11.8 Å². The van der Waals surface area contributed by atoms with Crippen molar-refractivity contribution in [2.45, 2.75) is 39.3 Å². The van der Waals surface area contributed by atoms with Crippen LogP contribution in [0.1, 0.15) is 30.2 Å². The first-order valence-corrected chi connectivity index (χ1v) is 8.30. The SMILES string of the molecule is Cc1[nH]c(=O)[nH]c(=O)c1CCC(=O)NC(C)C(=O)NCc1ccccc1. The topological polar surface area (TPSA) is 124 Å². The van der Waals surface area contributed by atoms with Gasteiger partial charge in [-0.05, 0) is 25.8 Å². The molecule has 0 aliphatic carbocycles. The largest absolute Gasteiger partial charge is 0.350 e. The first-order valence-electron chi connectivity index (χ1n) is 8.30. The maximum atomic E-state index is 12.1. The molecule has 0 bridgehead atoms. The van der Waals surface area contributed by atoms with E-state index in [0.29, 0.717) is 17.8 Å². The molecule has 1 unspecified atom stereocenters. The number of aryl methyl sites for hydroxylation is 1. The summed E-state index contributed by atoms with van der Waals surface area (Å²) in [6.07, 6.45) is 0.203. The number of rotatable bonds is 7. The fraction of sp³-hybridized carbons (Fsp3) is 0.333. The molecule has 1 aromatic carbocycles. The Kier molecular flexibility index (Phi) is 6.48. The highest BCUT2D eigenvalue weighted by Crippen LogP contribution is 2.01. The molecule has 0 saturated heterocycles. The molecular formula is C18H22N4O4. The molecule has 4 N–H and O–H groups in total. The summed E-state index contributed by atoms with van der Waals surface area (Å²) in [5.41, 5.74) is 0.658. The molecular weight excluding hydrogens is 336 g/mol. The van der Waals surface area contributed by atoms with Crippen molar-refractivity contribution in [2.24, 2.45) is 0 Å². The van der Waals surface area contributed by atoms with Crippen LogP contribution in [0, 0.1) is 6.92 Å². The third-order valence-corrected chi connectivity index (χ3v) is 3.94. The maximum Gasteiger partial charge on any atom is 0.325 e. The maximum absolute atomic E-state index is 12.1. The first-order chi connectivity index (χ1) is 12.4. The number of benzene rings is 1. The van der Waals surface area contributed by atoms with Crippen molar-refractivity contribution >= 4 is 11.8 Å². The summed E-state index contributed by atoms with van der Waals surface area (Å²) < 4.78 is 0. The van der Waals surface area contributed by atoms with Gasteiger partial charge in [0.25, 0.3) is 5.56 Å². The summed E-state index contributed by atoms with van der Waals surface area (Å²) in [7, 11) is 0. The Morgan fingerprint density at radius 2 is 1.81 bits per heavy atom. The Hall–Kier alpha value is -3.16. The number of aromatic nitrogens is 2. The lowest BCUT2D eigenvalue weighted by Gasteiger charge is -2.14. The van der Waals surface area contributed by atoms with Crippen molar-refractivity contribution in [3.8, 4) is 0 Å². The number of hydrogen-bond donors (Lipinski definition) is 4. The molecule has 1 aromatic heterocycles. The first kappa shape index (κ1) is 19.2. The van der Waals surface area contributed by atoms with E-state index in [9.17, 15) is 19.2 Å². The zero-order valence-electron chi connectivity index (χ0n) is 14.7. The van der Waals surface area contributed by atoms with Gasteiger partial charge in [0.1, 0.15) is 6.04 Å². The van der Waals surface area contributed by atoms with Gasteiger partial charge in [0.05, 0.1) is 0 Å². The van der Waals surface area contributed by atoms with E-state index < -0.39 is 17.3 Å². The molecule has 0 radical (unpaired) electrons. The molecule has 0 aliphatic rings. The lowest BCUT2D eigenvalue weighted by Crippen LogP contribution is -2.44. The van der Waals surface area contributed by atoms with Crippen LogP contribution in [-0.4, -0.2) is 27.8 Å². The number of amides is 2. The summed E-state index contributed by atoms with van der Waals surface area (Å²) in [6.45, 7) is 3.58. The quantitative estimate of drug-likeness (QED) is 0.561. The van der Waals surface area contributed by atoms with Crippen molar-refractivity contribution in [1.29, 1.82) is 0 Å². The molecule has 138 valence electrons. The number of H-pyrrole nitrogens is 2. The number of hydrogen-bond acceptors (Lipinski definition) is 4. The van der Waals surface area contributed by atoms with E-state index in [1.165, 1.54) is 0 Å². The average molecular weight is 358 g/mol. The van der Waals surface area contributed by atoms with Crippen LogP contribution in [0.25, 0.3) is 0 Å². The van der Waals surface area contributed by atoms with E-state index >= 15 is 0 Å². The lowest BCUT2D eigenvalue weighted by molar-refractivity contribution is -0.128. The Balaban J connectivity index is 1.82. The van der Waals surface area contributed by atoms with Gasteiger partial charge >= 0.3 is 5.69 Å². The molecule has 8 heteroatoms. The number of aromatic amines is 2. The lowest BCUT2D eigenvalue weighted by atomic mass is 10.1. The Morgan fingerprint density at radius 3 is 2.46 bits per heavy atom. The van der Waals surface area contributed by atoms with Gasteiger partial charge in [0.15, 0.2) is 0 Å². The van der Waals surface area contributed by atoms with E-state index in [1.54, 1.807) is 13.8 Å². The van der Waals surface area contributed by atoms with Crippen molar-refractivity contribution in [1.82, 2.24) is 20.6 Å². The van der Waals surface area contributed by atoms with Crippen molar-refractivity contribution in [3.05, 3.63) is 68.0 Å². The molecule has 1 atom stereocenters. The normalized spacial score (nSPS) is 11.6. The van der Waals surface area contributed by atoms with E-state index in [4.69, 9.17) is 0 Å². The van der Waals surface area contributed by atoms with Crippen molar-refractivity contribution in [2.75, 3.05) is 0 Å². The molecule has 26 heavy (non-hydrogen) atoms. The Labute approximate surface area is 150 Å². The number of carbonyl (C=O) groups excluding carboxylic acids is 2. The second-order valence-electron chi connectivity index (χ2n) is 6.00. The smallest absolute Gasteiger partial charge is 0.325 e. The molecule has 0 saturated carbocycles. The third kappa shape index (κ3) is 5.44. The number of carbonyl (C=O) groups is 2. The van der Waals surface area contributed by atoms with Crippen molar-refractivity contribution in [3.63, 3.8) is 0 Å². The third-order valence-electron chi connectivity index (χ3n) is 3.94. The minimum atomic E-state index is -0.693. The molecule has 0 fully saturated rings. The Bertz CT molecular complexity index is 886. The van der Waals surface area contributed by atoms with Gasteiger partial charge < -0.3 is 15.6 Å². The summed E-state index contributed by atoms with van der Waals surface area (Å²) in [5, 5.41) is 5.36. The monoisotopic (exact) mass is 358 g/mol. The molecule has 2 aromatic rings. The van der Waals surface area contributed by atoms with E-state index in [1.807, 2.05) is 30.3 Å². The average Bonchev–Trinajstić information content (AvgIpc) is 2.59. The van der Waals surface area contributed by atoms with Crippen LogP contribution in [0.4, 0.5) is 0 Å². The van der Waals surface area contributed by atoms with Crippen molar-refractivity contribution < 1.29 is 9.59 Å². The van der Waals surface area contributed by atoms with Gasteiger partial charge in [0, 0.05) is 24.2 Å². The van der Waals surface area contributed by atoms with Gasteiger partial charge in [-0.15, -0.1) is 0 Å². The van der Waals surface area contributed by atoms with Crippen LogP contribution >= 0.6 is 0 Å². The van der Waals surface area contributed by atoms with Crippen LogP contribution in [0.3, 0.4) is 0 Å². The van der Waals surface area contributed by atoms with Crippen LogP contribution in [0.2, 0.25) is 0 Å². The molecule has 2 amide bonds. The Morgan fingerprint density at radius 1 is 1.12 bits per heavy atom. The zero-order chi connectivity index (χ0) is 19.1. The van der Waals surface area contributed by atoms with E-state index in [-0.39, 0.29) is 24.7 Å². The molecule has 0 aliphatic heterocycles. The molecule has 8 nitrogen and oxygen atoms in total. The van der Waals surface area contributed by atoms with E-state index in [0.717, 1.165) is 5.56 Å². The predicted octanol–water partition coefficient (Wildman–Crippen LogP) is 0.125. The zero-order valence-corrected chi connectivity index (χ0v) is 14.7. The highest BCUT2D eigenvalue weighted by Gasteiger charge is 2.16. The predicted molar refractivity (Wildman–Crippen MR) is 96.6 cm³/mol. The molecule has 0 spiro atoms. The van der Waals surface area contributed by atoms with Gasteiger partial charge in [-0.1, -0.05) is 30.3 Å². The highest BCUT2D eigenvalue weighted by atomic mass is 16.2. The summed E-state index contributed by atoms with van der Waals surface area (Å²) in [5.74, 6) is -0.641. The second kappa shape index (κ2) is 8.80. The van der Waals surface area contributed by atoms with Gasteiger partial charge in [-0.2, -0.15) is 0 Å². The van der Waals surface area contributed by atoms with Crippen LogP contribution in [0.15, 0.2) is 39.9 Å². The molecule has 1 heterocycles. The second-order valence-corrected chi connectivity index (χ2v) is 6.00. The summed E-state index contributed by atoms with van der Waals surface area (Å²) >= 11 is 0. The van der Waals surface area contributed by atoms with Gasteiger partial charge in [-0.25, -0.2) is 4.79 Å². The minimum absolute atomic E-state index is 0.0340. The van der Waals surface area contributed by atoms with Gasteiger partial charge in [-0.3, -0.25) is 19.4 Å².